The molecule has 1 N–H and O–H groups in total. The van der Waals surface area contributed by atoms with Crippen LogP contribution in [0.25, 0.3) is 0 Å². The zero-order chi connectivity index (χ0) is 22.1. The van der Waals surface area contributed by atoms with Crippen LogP contribution in [0.1, 0.15) is 16.8 Å². The lowest BCUT2D eigenvalue weighted by atomic mass is 10.2. The number of rotatable bonds is 10. The predicted octanol–water partition coefficient (Wildman–Crippen LogP) is 0.0947. The van der Waals surface area contributed by atoms with Gasteiger partial charge in [-0.05, 0) is 30.7 Å². The van der Waals surface area contributed by atoms with Crippen molar-refractivity contribution in [2.24, 2.45) is 0 Å². The minimum absolute atomic E-state index is 0.0630. The summed E-state index contributed by atoms with van der Waals surface area (Å²) in [5.74, 6) is 0.462. The fourth-order valence-corrected chi connectivity index (χ4v) is 5.27. The molecule has 0 unspecified atom stereocenters. The lowest BCUT2D eigenvalue weighted by molar-refractivity contribution is 0.0358. The van der Waals surface area contributed by atoms with E-state index in [0.29, 0.717) is 44.0 Å². The predicted molar refractivity (Wildman–Crippen MR) is 119 cm³/mol. The molecule has 1 aromatic rings. The number of piperazine rings is 1. The van der Waals surface area contributed by atoms with Crippen LogP contribution < -0.4 is 10.1 Å². The summed E-state index contributed by atoms with van der Waals surface area (Å²) in [7, 11) is -1.82. The van der Waals surface area contributed by atoms with E-state index < -0.39 is 10.0 Å². The summed E-state index contributed by atoms with van der Waals surface area (Å²) in [4.78, 5) is 17.1. The van der Waals surface area contributed by atoms with Gasteiger partial charge in [0.05, 0.1) is 26.1 Å². The molecule has 1 aromatic carbocycles. The van der Waals surface area contributed by atoms with Crippen molar-refractivity contribution in [1.29, 1.82) is 0 Å². The van der Waals surface area contributed by atoms with Crippen LogP contribution in [0.3, 0.4) is 0 Å². The van der Waals surface area contributed by atoms with Crippen molar-refractivity contribution in [1.82, 2.24) is 19.4 Å². The second-order valence-electron chi connectivity index (χ2n) is 7.79. The van der Waals surface area contributed by atoms with Gasteiger partial charge >= 0.3 is 0 Å². The Bertz CT molecular complexity index is 790. The second-order valence-corrected chi connectivity index (χ2v) is 9.88. The monoisotopic (exact) mass is 454 g/mol. The van der Waals surface area contributed by atoms with Crippen molar-refractivity contribution in [3.8, 4) is 5.75 Å². The van der Waals surface area contributed by atoms with Crippen LogP contribution in [0.2, 0.25) is 0 Å². The van der Waals surface area contributed by atoms with Crippen LogP contribution in [0, 0.1) is 0 Å². The van der Waals surface area contributed by atoms with E-state index in [0.717, 1.165) is 39.3 Å². The molecular weight excluding hydrogens is 420 g/mol. The van der Waals surface area contributed by atoms with Gasteiger partial charge in [0.15, 0.2) is 0 Å². The summed E-state index contributed by atoms with van der Waals surface area (Å²) in [5.41, 5.74) is 0.534. The molecule has 31 heavy (non-hydrogen) atoms. The zero-order valence-corrected chi connectivity index (χ0v) is 19.1. The Balaban J connectivity index is 1.62. The van der Waals surface area contributed by atoms with E-state index in [1.807, 2.05) is 0 Å². The lowest BCUT2D eigenvalue weighted by Crippen LogP contribution is -2.48. The number of hydrogen-bond donors (Lipinski definition) is 1. The third-order valence-electron chi connectivity index (χ3n) is 5.72. The van der Waals surface area contributed by atoms with E-state index in [1.54, 1.807) is 36.3 Å². The Morgan fingerprint density at radius 3 is 2.42 bits per heavy atom. The van der Waals surface area contributed by atoms with Gasteiger partial charge < -0.3 is 19.7 Å². The molecule has 0 aromatic heterocycles. The molecule has 1 amide bonds. The van der Waals surface area contributed by atoms with Gasteiger partial charge in [0, 0.05) is 64.5 Å². The summed E-state index contributed by atoms with van der Waals surface area (Å²) in [6.45, 7) is 7.08. The highest BCUT2D eigenvalue weighted by Gasteiger charge is 2.26. The largest absolute Gasteiger partial charge is 0.497 e. The number of methoxy groups -OCH3 is 1. The first-order chi connectivity index (χ1) is 15.0. The average molecular weight is 455 g/mol. The first kappa shape index (κ1) is 23.9. The van der Waals surface area contributed by atoms with Crippen molar-refractivity contribution in [3.63, 3.8) is 0 Å². The van der Waals surface area contributed by atoms with Gasteiger partial charge in [0.25, 0.3) is 5.91 Å². The van der Waals surface area contributed by atoms with Crippen LogP contribution in [0.4, 0.5) is 0 Å². The van der Waals surface area contributed by atoms with Crippen LogP contribution in [-0.2, 0) is 14.8 Å². The normalized spacial score (nSPS) is 18.6. The zero-order valence-electron chi connectivity index (χ0n) is 18.3. The van der Waals surface area contributed by atoms with E-state index >= 15 is 0 Å². The molecule has 2 saturated heterocycles. The first-order valence-electron chi connectivity index (χ1n) is 10.9. The number of nitrogens with one attached hydrogen (secondary N) is 1. The standard InChI is InChI=1S/C21H34N4O5S/c1-29-20-5-3-19(4-6-20)21(26)24(10-2-9-23-13-16-30-17-14-23)15-18-31(27,28)25-11-7-22-8-12-25/h3-6,22H,2,7-18H2,1H3. The second kappa shape index (κ2) is 11.8. The quantitative estimate of drug-likeness (QED) is 0.536. The van der Waals surface area contributed by atoms with E-state index in [4.69, 9.17) is 9.47 Å². The Morgan fingerprint density at radius 2 is 1.77 bits per heavy atom. The topological polar surface area (TPSA) is 91.4 Å². The summed E-state index contributed by atoms with van der Waals surface area (Å²) < 4.78 is 37.6. The third kappa shape index (κ3) is 7.15. The number of ether oxygens (including phenoxy) is 2. The molecule has 2 fully saturated rings. The number of amides is 1. The molecule has 0 atom stereocenters. The van der Waals surface area contributed by atoms with Crippen molar-refractivity contribution >= 4 is 15.9 Å². The maximum Gasteiger partial charge on any atom is 0.253 e. The maximum atomic E-state index is 13.2. The first-order valence-corrected chi connectivity index (χ1v) is 12.5. The summed E-state index contributed by atoms with van der Waals surface area (Å²) in [6, 6.07) is 6.94. The van der Waals surface area contributed by atoms with Crippen LogP contribution in [0.5, 0.6) is 5.75 Å². The van der Waals surface area contributed by atoms with Gasteiger partial charge in [-0.1, -0.05) is 0 Å². The van der Waals surface area contributed by atoms with Crippen molar-refractivity contribution in [2.75, 3.05) is 85.0 Å². The minimum Gasteiger partial charge on any atom is -0.497 e. The SMILES string of the molecule is COc1ccc(C(=O)N(CCCN2CCOCC2)CCS(=O)(=O)N2CCNCC2)cc1. The molecular formula is C21H34N4O5S. The molecule has 2 aliphatic heterocycles. The molecule has 10 heteroatoms. The Hall–Kier alpha value is -1.72. The molecule has 9 nitrogen and oxygen atoms in total. The Labute approximate surface area is 185 Å². The Morgan fingerprint density at radius 1 is 1.10 bits per heavy atom. The van der Waals surface area contributed by atoms with Gasteiger partial charge in [-0.3, -0.25) is 9.69 Å². The summed E-state index contributed by atoms with van der Waals surface area (Å²) in [5, 5.41) is 3.17. The van der Waals surface area contributed by atoms with Crippen LogP contribution in [-0.4, -0.2) is 113 Å². The number of sulfonamides is 1. The number of benzene rings is 1. The Kier molecular flexibility index (Phi) is 9.09. The molecule has 0 bridgehead atoms. The summed E-state index contributed by atoms with van der Waals surface area (Å²) in [6.07, 6.45) is 0.787. The lowest BCUT2D eigenvalue weighted by Gasteiger charge is -2.30. The minimum atomic E-state index is -3.40. The van der Waals surface area contributed by atoms with Crippen LogP contribution in [0.15, 0.2) is 24.3 Å². The highest BCUT2D eigenvalue weighted by molar-refractivity contribution is 7.89. The molecule has 2 aliphatic rings. The number of morpholine rings is 1. The third-order valence-corrected chi connectivity index (χ3v) is 7.57. The number of hydrogen-bond acceptors (Lipinski definition) is 7. The van der Waals surface area contributed by atoms with Gasteiger partial charge in [0.2, 0.25) is 10.0 Å². The van der Waals surface area contributed by atoms with Crippen molar-refractivity contribution < 1.29 is 22.7 Å². The van der Waals surface area contributed by atoms with Gasteiger partial charge in [-0.2, -0.15) is 4.31 Å². The van der Waals surface area contributed by atoms with Crippen molar-refractivity contribution in [2.45, 2.75) is 6.42 Å². The number of carbonyl (C=O) groups excluding carboxylic acids is 1. The number of carbonyl (C=O) groups is 1. The molecule has 2 heterocycles. The highest BCUT2D eigenvalue weighted by atomic mass is 32.2. The molecule has 174 valence electrons. The van der Waals surface area contributed by atoms with Gasteiger partial charge in [-0.25, -0.2) is 8.42 Å². The molecule has 0 spiro atoms. The maximum absolute atomic E-state index is 13.2. The smallest absolute Gasteiger partial charge is 0.253 e. The summed E-state index contributed by atoms with van der Waals surface area (Å²) >= 11 is 0. The van der Waals surface area contributed by atoms with E-state index in [2.05, 4.69) is 10.2 Å². The molecule has 0 radical (unpaired) electrons. The molecule has 0 saturated carbocycles. The highest BCUT2D eigenvalue weighted by Crippen LogP contribution is 2.14. The fourth-order valence-electron chi connectivity index (χ4n) is 3.82. The van der Waals surface area contributed by atoms with Gasteiger partial charge in [0.1, 0.15) is 5.75 Å². The van der Waals surface area contributed by atoms with E-state index in [-0.39, 0.29) is 18.2 Å². The molecule has 0 aliphatic carbocycles. The van der Waals surface area contributed by atoms with Crippen LogP contribution >= 0.6 is 0 Å². The average Bonchev–Trinajstić information content (AvgIpc) is 2.82. The fraction of sp³-hybridized carbons (Fsp3) is 0.667. The van der Waals surface area contributed by atoms with Gasteiger partial charge in [-0.15, -0.1) is 0 Å². The van der Waals surface area contributed by atoms with E-state index in [1.165, 1.54) is 4.31 Å². The van der Waals surface area contributed by atoms with E-state index in [9.17, 15) is 13.2 Å². The van der Waals surface area contributed by atoms with Crippen molar-refractivity contribution in [3.05, 3.63) is 29.8 Å². The number of nitrogens with zero attached hydrogens (tertiary/aromatic N) is 3. The molecule has 3 rings (SSSR count).